The van der Waals surface area contributed by atoms with Gasteiger partial charge < -0.3 is 10.1 Å². The lowest BCUT2D eigenvalue weighted by Crippen LogP contribution is -2.52. The van der Waals surface area contributed by atoms with Crippen LogP contribution in [0.4, 0.5) is 0 Å². The van der Waals surface area contributed by atoms with Gasteiger partial charge in [0.05, 0.1) is 12.7 Å². The van der Waals surface area contributed by atoms with Crippen LogP contribution < -0.4 is 5.32 Å². The predicted octanol–water partition coefficient (Wildman–Crippen LogP) is 2.30. The summed E-state index contributed by atoms with van der Waals surface area (Å²) in [5.74, 6) is 0. The molecule has 0 aliphatic carbocycles. The molecule has 106 valence electrons. The largest absolute Gasteiger partial charge is 0.374 e. The Bertz CT molecular complexity index is 399. The molecule has 2 atom stereocenters. The van der Waals surface area contributed by atoms with Gasteiger partial charge in [0, 0.05) is 23.6 Å². The van der Waals surface area contributed by atoms with Crippen LogP contribution in [0.25, 0.3) is 0 Å². The Kier molecular flexibility index (Phi) is 5.82. The van der Waals surface area contributed by atoms with Crippen molar-refractivity contribution >= 4 is 15.9 Å². The zero-order valence-corrected chi connectivity index (χ0v) is 13.3. The molecule has 1 aliphatic heterocycles. The van der Waals surface area contributed by atoms with Crippen LogP contribution in [-0.4, -0.2) is 50.3 Å². The van der Waals surface area contributed by atoms with Crippen molar-refractivity contribution in [1.82, 2.24) is 10.2 Å². The topological polar surface area (TPSA) is 24.5 Å². The van der Waals surface area contributed by atoms with Crippen LogP contribution in [-0.2, 0) is 11.2 Å². The first-order valence-electron chi connectivity index (χ1n) is 6.98. The minimum atomic E-state index is 0.276. The van der Waals surface area contributed by atoms with E-state index < -0.39 is 0 Å². The highest BCUT2D eigenvalue weighted by Gasteiger charge is 2.26. The first kappa shape index (κ1) is 15.0. The Balaban J connectivity index is 1.99. The van der Waals surface area contributed by atoms with Crippen molar-refractivity contribution in [2.75, 3.05) is 33.3 Å². The lowest BCUT2D eigenvalue weighted by molar-refractivity contribution is -0.0436. The average molecular weight is 327 g/mol. The lowest BCUT2D eigenvalue weighted by atomic mass is 10.00. The maximum absolute atomic E-state index is 5.95. The molecular formula is C15H23BrN2O. The average Bonchev–Trinajstić information content (AvgIpc) is 2.45. The van der Waals surface area contributed by atoms with E-state index in [1.54, 1.807) is 0 Å². The Hall–Kier alpha value is -0.420. The van der Waals surface area contributed by atoms with Crippen LogP contribution in [0.3, 0.4) is 0 Å². The number of morpholine rings is 1. The fourth-order valence-electron chi connectivity index (χ4n) is 2.60. The number of nitrogens with one attached hydrogen (secondary N) is 1. The highest BCUT2D eigenvalue weighted by Crippen LogP contribution is 2.16. The summed E-state index contributed by atoms with van der Waals surface area (Å²) in [6.45, 7) is 6.24. The molecule has 3 nitrogen and oxygen atoms in total. The van der Waals surface area contributed by atoms with Crippen molar-refractivity contribution in [3.63, 3.8) is 0 Å². The Morgan fingerprint density at radius 1 is 1.53 bits per heavy atom. The second-order valence-corrected chi connectivity index (χ2v) is 5.95. The molecule has 1 aromatic rings. The standard InChI is InChI=1S/C15H23BrN2O/c1-3-18-7-8-19-15(11-18)14(17-2)10-12-5-4-6-13(16)9-12/h4-6,9,14-15,17H,3,7-8,10-11H2,1-2H3. The summed E-state index contributed by atoms with van der Waals surface area (Å²) < 4.78 is 7.09. The lowest BCUT2D eigenvalue weighted by Gasteiger charge is -2.36. The summed E-state index contributed by atoms with van der Waals surface area (Å²) in [5.41, 5.74) is 1.34. The molecular weight excluding hydrogens is 304 g/mol. The normalized spacial score (nSPS) is 22.4. The second-order valence-electron chi connectivity index (χ2n) is 5.03. The van der Waals surface area contributed by atoms with Gasteiger partial charge in [-0.05, 0) is 37.7 Å². The maximum Gasteiger partial charge on any atom is 0.0858 e. The van der Waals surface area contributed by atoms with Crippen molar-refractivity contribution in [1.29, 1.82) is 0 Å². The second kappa shape index (κ2) is 7.39. The molecule has 0 amide bonds. The van der Waals surface area contributed by atoms with Crippen LogP contribution in [0, 0.1) is 0 Å². The van der Waals surface area contributed by atoms with Gasteiger partial charge in [-0.3, -0.25) is 4.90 Å². The van der Waals surface area contributed by atoms with E-state index in [2.05, 4.69) is 57.3 Å². The first-order chi connectivity index (χ1) is 9.22. The van der Waals surface area contributed by atoms with E-state index in [0.29, 0.717) is 6.04 Å². The van der Waals surface area contributed by atoms with Crippen molar-refractivity contribution < 1.29 is 4.74 Å². The highest BCUT2D eigenvalue weighted by atomic mass is 79.9. The number of halogens is 1. The van der Waals surface area contributed by atoms with Gasteiger partial charge in [-0.25, -0.2) is 0 Å². The molecule has 0 radical (unpaired) electrons. The number of ether oxygens (including phenoxy) is 1. The fourth-order valence-corrected chi connectivity index (χ4v) is 3.05. The third kappa shape index (κ3) is 4.28. The van der Waals surface area contributed by atoms with E-state index >= 15 is 0 Å². The van der Waals surface area contributed by atoms with Gasteiger partial charge in [0.15, 0.2) is 0 Å². The maximum atomic E-state index is 5.95. The monoisotopic (exact) mass is 326 g/mol. The zero-order valence-electron chi connectivity index (χ0n) is 11.7. The van der Waals surface area contributed by atoms with Crippen LogP contribution in [0.2, 0.25) is 0 Å². The molecule has 1 N–H and O–H groups in total. The highest BCUT2D eigenvalue weighted by molar-refractivity contribution is 9.10. The molecule has 4 heteroatoms. The quantitative estimate of drug-likeness (QED) is 0.898. The summed E-state index contributed by atoms with van der Waals surface area (Å²) in [4.78, 5) is 2.46. The summed E-state index contributed by atoms with van der Waals surface area (Å²) in [5, 5.41) is 3.42. The Morgan fingerprint density at radius 2 is 2.37 bits per heavy atom. The fraction of sp³-hybridized carbons (Fsp3) is 0.600. The van der Waals surface area contributed by atoms with Gasteiger partial charge in [0.1, 0.15) is 0 Å². The van der Waals surface area contributed by atoms with E-state index in [9.17, 15) is 0 Å². The molecule has 0 aromatic heterocycles. The van der Waals surface area contributed by atoms with Gasteiger partial charge in [-0.1, -0.05) is 35.0 Å². The van der Waals surface area contributed by atoms with E-state index in [1.165, 1.54) is 5.56 Å². The van der Waals surface area contributed by atoms with Crippen LogP contribution in [0.5, 0.6) is 0 Å². The smallest absolute Gasteiger partial charge is 0.0858 e. The third-order valence-corrected chi connectivity index (χ3v) is 4.28. The zero-order chi connectivity index (χ0) is 13.7. The molecule has 0 spiro atoms. The van der Waals surface area contributed by atoms with E-state index in [-0.39, 0.29) is 6.10 Å². The molecule has 1 aliphatic rings. The number of benzene rings is 1. The number of rotatable bonds is 5. The molecule has 0 saturated carbocycles. The first-order valence-corrected chi connectivity index (χ1v) is 7.78. The van der Waals surface area contributed by atoms with Crippen LogP contribution in [0.1, 0.15) is 12.5 Å². The Morgan fingerprint density at radius 3 is 3.05 bits per heavy atom. The summed E-state index contributed by atoms with van der Waals surface area (Å²) in [7, 11) is 2.02. The van der Waals surface area contributed by atoms with Gasteiger partial charge in [-0.2, -0.15) is 0 Å². The molecule has 1 saturated heterocycles. The van der Waals surface area contributed by atoms with Crippen LogP contribution in [0.15, 0.2) is 28.7 Å². The molecule has 1 fully saturated rings. The predicted molar refractivity (Wildman–Crippen MR) is 82.5 cm³/mol. The number of hydrogen-bond acceptors (Lipinski definition) is 3. The SMILES string of the molecule is CCN1CCOC(C(Cc2cccc(Br)c2)NC)C1. The number of hydrogen-bond donors (Lipinski definition) is 1. The van der Waals surface area contributed by atoms with Crippen molar-refractivity contribution in [2.24, 2.45) is 0 Å². The molecule has 19 heavy (non-hydrogen) atoms. The van der Waals surface area contributed by atoms with Gasteiger partial charge in [0.25, 0.3) is 0 Å². The molecule has 0 bridgehead atoms. The van der Waals surface area contributed by atoms with Gasteiger partial charge in [-0.15, -0.1) is 0 Å². The number of nitrogens with zero attached hydrogens (tertiary/aromatic N) is 1. The molecule has 1 heterocycles. The van der Waals surface area contributed by atoms with Crippen molar-refractivity contribution in [3.8, 4) is 0 Å². The van der Waals surface area contributed by atoms with Crippen molar-refractivity contribution in [3.05, 3.63) is 34.3 Å². The minimum absolute atomic E-state index is 0.276. The Labute approximate surface area is 124 Å². The molecule has 2 rings (SSSR count). The minimum Gasteiger partial charge on any atom is -0.374 e. The van der Waals surface area contributed by atoms with E-state index in [4.69, 9.17) is 4.74 Å². The third-order valence-electron chi connectivity index (χ3n) is 3.79. The molecule has 2 unspecified atom stereocenters. The summed E-state index contributed by atoms with van der Waals surface area (Å²) in [6.07, 6.45) is 1.27. The van der Waals surface area contributed by atoms with Crippen molar-refractivity contribution in [2.45, 2.75) is 25.5 Å². The summed E-state index contributed by atoms with van der Waals surface area (Å²) in [6, 6.07) is 8.88. The number of likely N-dealkylation sites (N-methyl/N-ethyl adjacent to an activating group) is 2. The van der Waals surface area contributed by atoms with E-state index in [1.807, 2.05) is 7.05 Å². The van der Waals surface area contributed by atoms with Crippen LogP contribution >= 0.6 is 15.9 Å². The van der Waals surface area contributed by atoms with E-state index in [0.717, 1.165) is 37.1 Å². The van der Waals surface area contributed by atoms with Gasteiger partial charge in [0.2, 0.25) is 0 Å². The van der Waals surface area contributed by atoms with Gasteiger partial charge >= 0.3 is 0 Å². The molecule has 1 aromatic carbocycles. The summed E-state index contributed by atoms with van der Waals surface area (Å²) >= 11 is 3.53.